The van der Waals surface area contributed by atoms with Gasteiger partial charge in [0.25, 0.3) is 10.1 Å². The summed E-state index contributed by atoms with van der Waals surface area (Å²) >= 11 is 0. The number of aliphatic hydroxyl groups excluding tert-OH is 1. The van der Waals surface area contributed by atoms with Gasteiger partial charge in [-0.3, -0.25) is 4.55 Å². The Balaban J connectivity index is 2.75. The van der Waals surface area contributed by atoms with Crippen LogP contribution in [0.25, 0.3) is 0 Å². The molecule has 0 aliphatic heterocycles. The molecule has 0 aromatic heterocycles. The van der Waals surface area contributed by atoms with Crippen molar-refractivity contribution in [1.29, 1.82) is 0 Å². The molecule has 0 amide bonds. The molecular formula is C21H38NO4S+. The minimum Gasteiger partial charge on any atom is -0.388 e. The van der Waals surface area contributed by atoms with Crippen molar-refractivity contribution in [1.82, 2.24) is 0 Å². The second kappa shape index (κ2) is 11.1. The second-order valence-electron chi connectivity index (χ2n) is 8.23. The van der Waals surface area contributed by atoms with Crippen molar-refractivity contribution >= 4 is 10.1 Å². The zero-order valence-electron chi connectivity index (χ0n) is 17.4. The molecule has 1 aromatic rings. The van der Waals surface area contributed by atoms with Gasteiger partial charge in [-0.15, -0.1) is 0 Å². The largest absolute Gasteiger partial charge is 0.388 e. The molecule has 0 spiro atoms. The van der Waals surface area contributed by atoms with E-state index >= 15 is 0 Å². The first-order valence-electron chi connectivity index (χ1n) is 10.1. The maximum absolute atomic E-state index is 10.9. The number of hydrogen-bond acceptors (Lipinski definition) is 3. The van der Waals surface area contributed by atoms with E-state index in [4.69, 9.17) is 4.55 Å². The van der Waals surface area contributed by atoms with Gasteiger partial charge >= 0.3 is 0 Å². The van der Waals surface area contributed by atoms with Gasteiger partial charge in [0.15, 0.2) is 0 Å². The van der Waals surface area contributed by atoms with Crippen LogP contribution in [0.1, 0.15) is 75.5 Å². The highest BCUT2D eigenvalue weighted by Crippen LogP contribution is 2.33. The van der Waals surface area contributed by atoms with Crippen LogP contribution in [0.5, 0.6) is 0 Å². The Morgan fingerprint density at radius 3 is 2.04 bits per heavy atom. The van der Waals surface area contributed by atoms with Gasteiger partial charge in [0.1, 0.15) is 0 Å². The van der Waals surface area contributed by atoms with Gasteiger partial charge in [0.05, 0.1) is 39.0 Å². The first kappa shape index (κ1) is 24.1. The fourth-order valence-corrected chi connectivity index (χ4v) is 4.25. The summed E-state index contributed by atoms with van der Waals surface area (Å²) in [7, 11) is 0.148. The zero-order chi connectivity index (χ0) is 20.5. The van der Waals surface area contributed by atoms with Gasteiger partial charge in [0.2, 0.25) is 0 Å². The van der Waals surface area contributed by atoms with Crippen LogP contribution in [0.4, 0.5) is 0 Å². The predicted molar refractivity (Wildman–Crippen MR) is 111 cm³/mol. The lowest BCUT2D eigenvalue weighted by Crippen LogP contribution is -2.42. The lowest BCUT2D eigenvalue weighted by Gasteiger charge is -2.31. The Morgan fingerprint density at radius 1 is 0.963 bits per heavy atom. The molecule has 0 heterocycles. The van der Waals surface area contributed by atoms with Gasteiger partial charge in [0, 0.05) is 12.8 Å². The van der Waals surface area contributed by atoms with E-state index < -0.39 is 16.2 Å². The van der Waals surface area contributed by atoms with Crippen molar-refractivity contribution in [2.45, 2.75) is 64.4 Å². The number of quaternary nitrogens is 1. The highest BCUT2D eigenvalue weighted by atomic mass is 32.2. The summed E-state index contributed by atoms with van der Waals surface area (Å²) in [6, 6.07) is 8.24. The summed E-state index contributed by atoms with van der Waals surface area (Å²) in [6.07, 6.45) is 5.05. The maximum Gasteiger partial charge on any atom is 0.265 e. The molecule has 156 valence electrons. The van der Waals surface area contributed by atoms with E-state index in [1.165, 1.54) is 5.56 Å². The summed E-state index contributed by atoms with van der Waals surface area (Å²) in [5.74, 6) is 0.276. The molecule has 5 nitrogen and oxygen atoms in total. The molecule has 0 aliphatic carbocycles. The molecular weight excluding hydrogens is 362 g/mol. The van der Waals surface area contributed by atoms with Crippen molar-refractivity contribution in [2.75, 3.05) is 32.9 Å². The monoisotopic (exact) mass is 400 g/mol. The Labute approximate surface area is 165 Å². The number of nitrogens with zero attached hydrogens (tertiary/aromatic N) is 1. The van der Waals surface area contributed by atoms with Crippen LogP contribution < -0.4 is 0 Å². The van der Waals surface area contributed by atoms with Crippen LogP contribution in [0.15, 0.2) is 24.3 Å². The Morgan fingerprint density at radius 2 is 1.52 bits per heavy atom. The Kier molecular flexibility index (Phi) is 9.95. The smallest absolute Gasteiger partial charge is 0.265 e. The van der Waals surface area contributed by atoms with E-state index in [1.807, 2.05) is 26.2 Å². The molecule has 6 heteroatoms. The van der Waals surface area contributed by atoms with Crippen molar-refractivity contribution in [3.8, 4) is 0 Å². The number of hydrogen-bond donors (Lipinski definition) is 2. The minimum atomic E-state index is -3.91. The summed E-state index contributed by atoms with van der Waals surface area (Å²) in [5, 5.41) is 10.9. The van der Waals surface area contributed by atoms with Crippen LogP contribution >= 0.6 is 0 Å². The van der Waals surface area contributed by atoms with E-state index in [1.54, 1.807) is 0 Å². The molecule has 1 aromatic carbocycles. The molecule has 0 aliphatic rings. The van der Waals surface area contributed by atoms with E-state index in [2.05, 4.69) is 26.0 Å². The maximum atomic E-state index is 10.9. The average Bonchev–Trinajstić information content (AvgIpc) is 2.58. The summed E-state index contributed by atoms with van der Waals surface area (Å²) in [6.45, 7) is 5.79. The Bertz CT molecular complexity index is 652. The van der Waals surface area contributed by atoms with Gasteiger partial charge in [-0.2, -0.15) is 8.42 Å². The highest BCUT2D eigenvalue weighted by Gasteiger charge is 2.22. The van der Waals surface area contributed by atoms with Crippen LogP contribution in [0.2, 0.25) is 0 Å². The fourth-order valence-electron chi connectivity index (χ4n) is 3.75. The molecule has 0 saturated heterocycles. The normalized spacial score (nSPS) is 13.9. The second-order valence-corrected chi connectivity index (χ2v) is 9.80. The standard InChI is InChI=1S/C21H37NO4S/c1-5-10-18(11-6-2)19-12-7-8-13-20(19)21(23)14-16-22(3,4)15-9-17-27(24,25)26/h7-8,12-13,18,21,23H,5-6,9-11,14-17H2,1-4H3/p+1. The van der Waals surface area contributed by atoms with E-state index in [-0.39, 0.29) is 5.75 Å². The van der Waals surface area contributed by atoms with Crippen LogP contribution in [-0.4, -0.2) is 55.5 Å². The Hall–Kier alpha value is -0.950. The topological polar surface area (TPSA) is 74.6 Å². The SMILES string of the molecule is CCCC(CCC)c1ccccc1C(O)CC[N+](C)(C)CCCS(=O)(=O)O. The van der Waals surface area contributed by atoms with E-state index in [9.17, 15) is 13.5 Å². The van der Waals surface area contributed by atoms with Gasteiger partial charge in [-0.1, -0.05) is 51.0 Å². The minimum absolute atomic E-state index is 0.213. The lowest BCUT2D eigenvalue weighted by atomic mass is 9.85. The van der Waals surface area contributed by atoms with Crippen LogP contribution in [0, 0.1) is 0 Å². The van der Waals surface area contributed by atoms with Gasteiger partial charge in [-0.05, 0) is 29.9 Å². The first-order valence-corrected chi connectivity index (χ1v) is 11.7. The molecule has 2 N–H and O–H groups in total. The number of aliphatic hydroxyl groups is 1. The molecule has 0 radical (unpaired) electrons. The van der Waals surface area contributed by atoms with Crippen molar-refractivity contribution in [3.63, 3.8) is 0 Å². The first-order chi connectivity index (χ1) is 12.6. The van der Waals surface area contributed by atoms with Gasteiger partial charge in [-0.25, -0.2) is 0 Å². The lowest BCUT2D eigenvalue weighted by molar-refractivity contribution is -0.890. The molecule has 1 atom stereocenters. The van der Waals surface area contributed by atoms with Crippen LogP contribution in [-0.2, 0) is 10.1 Å². The molecule has 0 fully saturated rings. The van der Waals surface area contributed by atoms with Crippen molar-refractivity contribution < 1.29 is 22.6 Å². The van der Waals surface area contributed by atoms with Crippen molar-refractivity contribution in [3.05, 3.63) is 35.4 Å². The third-order valence-electron chi connectivity index (χ3n) is 5.24. The molecule has 0 saturated carbocycles. The van der Waals surface area contributed by atoms with Crippen LogP contribution in [0.3, 0.4) is 0 Å². The molecule has 0 bridgehead atoms. The average molecular weight is 401 g/mol. The summed E-state index contributed by atoms with van der Waals surface area (Å²) in [4.78, 5) is 0. The van der Waals surface area contributed by atoms with Crippen molar-refractivity contribution in [2.24, 2.45) is 0 Å². The zero-order valence-corrected chi connectivity index (χ0v) is 18.2. The van der Waals surface area contributed by atoms with Gasteiger partial charge < -0.3 is 9.59 Å². The number of rotatable bonds is 13. The third-order valence-corrected chi connectivity index (χ3v) is 6.05. The van der Waals surface area contributed by atoms with E-state index in [0.717, 1.165) is 37.8 Å². The third kappa shape index (κ3) is 9.19. The molecule has 27 heavy (non-hydrogen) atoms. The fraction of sp³-hybridized carbons (Fsp3) is 0.714. The molecule has 1 unspecified atom stereocenters. The summed E-state index contributed by atoms with van der Waals surface area (Å²) < 4.78 is 31.3. The van der Waals surface area contributed by atoms with E-state index in [0.29, 0.717) is 29.8 Å². The summed E-state index contributed by atoms with van der Waals surface area (Å²) in [5.41, 5.74) is 2.30. The molecule has 1 rings (SSSR count). The number of benzene rings is 1. The quantitative estimate of drug-likeness (QED) is 0.385. The predicted octanol–water partition coefficient (Wildman–Crippen LogP) is 4.15. The highest BCUT2D eigenvalue weighted by molar-refractivity contribution is 7.85.